The van der Waals surface area contributed by atoms with Gasteiger partial charge < -0.3 is 9.64 Å². The summed E-state index contributed by atoms with van der Waals surface area (Å²) in [6.45, 7) is 3.54. The van der Waals surface area contributed by atoms with Crippen molar-refractivity contribution in [3.05, 3.63) is 0 Å². The molecule has 5 nitrogen and oxygen atoms in total. The third kappa shape index (κ3) is 3.26. The molecule has 1 heterocycles. The molecule has 0 aromatic rings. The van der Waals surface area contributed by atoms with Gasteiger partial charge in [-0.2, -0.15) is 0 Å². The number of carbonyl (C=O) groups excluding carboxylic acids is 1. The highest BCUT2D eigenvalue weighted by molar-refractivity contribution is 7.92. The number of carbonyl (C=O) groups is 1. The van der Waals surface area contributed by atoms with E-state index in [0.29, 0.717) is 26.3 Å². The number of amides is 1. The Balaban J connectivity index is 2.49. The molecule has 1 saturated heterocycles. The molecule has 1 fully saturated rings. The zero-order valence-corrected chi connectivity index (χ0v) is 9.05. The van der Waals surface area contributed by atoms with E-state index in [0.717, 1.165) is 0 Å². The van der Waals surface area contributed by atoms with Crippen molar-refractivity contribution in [2.24, 2.45) is 0 Å². The van der Waals surface area contributed by atoms with Crippen LogP contribution in [0.3, 0.4) is 0 Å². The van der Waals surface area contributed by atoms with Crippen molar-refractivity contribution < 1.29 is 17.9 Å². The van der Waals surface area contributed by atoms with Crippen LogP contribution in [-0.2, 0) is 19.4 Å². The molecule has 82 valence electrons. The van der Waals surface area contributed by atoms with Gasteiger partial charge in [-0.1, -0.05) is 6.92 Å². The predicted octanol–water partition coefficient (Wildman–Crippen LogP) is -0.720. The molecule has 0 radical (unpaired) electrons. The lowest BCUT2D eigenvalue weighted by Gasteiger charge is -2.26. The predicted molar refractivity (Wildman–Crippen MR) is 51.7 cm³/mol. The average Bonchev–Trinajstić information content (AvgIpc) is 2.19. The summed E-state index contributed by atoms with van der Waals surface area (Å²) in [5, 5.41) is 0. The highest BCUT2D eigenvalue weighted by Crippen LogP contribution is 2.00. The summed E-state index contributed by atoms with van der Waals surface area (Å²) in [7, 11) is -3.20. The monoisotopic (exact) mass is 221 g/mol. The molecule has 0 unspecified atom stereocenters. The summed E-state index contributed by atoms with van der Waals surface area (Å²) in [6, 6.07) is 0. The van der Waals surface area contributed by atoms with Gasteiger partial charge >= 0.3 is 0 Å². The molecule has 1 amide bonds. The van der Waals surface area contributed by atoms with Crippen LogP contribution in [-0.4, -0.2) is 57.0 Å². The van der Waals surface area contributed by atoms with Crippen LogP contribution in [0, 0.1) is 0 Å². The van der Waals surface area contributed by atoms with Gasteiger partial charge in [-0.15, -0.1) is 0 Å². The highest BCUT2D eigenvalue weighted by Gasteiger charge is 2.21. The SMILES string of the molecule is CCS(=O)(=O)CC(=O)N1CCOCC1. The average molecular weight is 221 g/mol. The first kappa shape index (κ1) is 11.5. The number of hydrogen-bond donors (Lipinski definition) is 0. The fourth-order valence-electron chi connectivity index (χ4n) is 1.19. The highest BCUT2D eigenvalue weighted by atomic mass is 32.2. The molecule has 0 atom stereocenters. The first-order chi connectivity index (χ1) is 6.55. The molecule has 14 heavy (non-hydrogen) atoms. The van der Waals surface area contributed by atoms with Crippen molar-refractivity contribution in [1.29, 1.82) is 0 Å². The maximum atomic E-state index is 11.5. The molecule has 0 aromatic carbocycles. The van der Waals surface area contributed by atoms with Gasteiger partial charge in [0, 0.05) is 18.8 Å². The largest absolute Gasteiger partial charge is 0.378 e. The molecule has 1 aliphatic rings. The van der Waals surface area contributed by atoms with Crippen LogP contribution in [0.5, 0.6) is 0 Å². The third-order valence-electron chi connectivity index (χ3n) is 2.15. The molecule has 0 saturated carbocycles. The zero-order chi connectivity index (χ0) is 10.6. The van der Waals surface area contributed by atoms with Crippen LogP contribution in [0.1, 0.15) is 6.92 Å². The van der Waals surface area contributed by atoms with Crippen LogP contribution in [0.2, 0.25) is 0 Å². The Labute approximate surface area is 83.9 Å². The van der Waals surface area contributed by atoms with E-state index >= 15 is 0 Å². The molecule has 0 aliphatic carbocycles. The molecular weight excluding hydrogens is 206 g/mol. The first-order valence-corrected chi connectivity index (χ1v) is 6.43. The van der Waals surface area contributed by atoms with E-state index in [1.54, 1.807) is 6.92 Å². The number of rotatable bonds is 3. The van der Waals surface area contributed by atoms with Gasteiger partial charge in [-0.05, 0) is 0 Å². The number of sulfone groups is 1. The molecule has 1 aliphatic heterocycles. The van der Waals surface area contributed by atoms with Gasteiger partial charge in [-0.3, -0.25) is 4.79 Å². The standard InChI is InChI=1S/C8H15NO4S/c1-2-14(11,12)7-8(10)9-3-5-13-6-4-9/h2-7H2,1H3. The van der Waals surface area contributed by atoms with Gasteiger partial charge in [0.05, 0.1) is 13.2 Å². The summed E-state index contributed by atoms with van der Waals surface area (Å²) in [6.07, 6.45) is 0. The van der Waals surface area contributed by atoms with Crippen molar-refractivity contribution in [3.63, 3.8) is 0 Å². The summed E-state index contributed by atoms with van der Waals surface area (Å²) < 4.78 is 27.4. The molecule has 0 bridgehead atoms. The second-order valence-electron chi connectivity index (χ2n) is 3.17. The summed E-state index contributed by atoms with van der Waals surface area (Å²) in [4.78, 5) is 13.0. The maximum absolute atomic E-state index is 11.5. The Hall–Kier alpha value is -0.620. The topological polar surface area (TPSA) is 63.7 Å². The van der Waals surface area contributed by atoms with Gasteiger partial charge in [0.2, 0.25) is 5.91 Å². The van der Waals surface area contributed by atoms with Gasteiger partial charge in [0.15, 0.2) is 9.84 Å². The van der Waals surface area contributed by atoms with E-state index in [-0.39, 0.29) is 17.4 Å². The Bertz CT molecular complexity index is 292. The van der Waals surface area contributed by atoms with Gasteiger partial charge in [0.25, 0.3) is 0 Å². The lowest BCUT2D eigenvalue weighted by atomic mass is 10.4. The van der Waals surface area contributed by atoms with E-state index in [1.165, 1.54) is 4.90 Å². The van der Waals surface area contributed by atoms with Crippen LogP contribution in [0.15, 0.2) is 0 Å². The fourth-order valence-corrected chi connectivity index (χ4v) is 1.96. The smallest absolute Gasteiger partial charge is 0.237 e. The van der Waals surface area contributed by atoms with E-state index in [1.807, 2.05) is 0 Å². The Morgan fingerprint density at radius 2 is 1.93 bits per heavy atom. The summed E-state index contributed by atoms with van der Waals surface area (Å²) >= 11 is 0. The van der Waals surface area contributed by atoms with Crippen molar-refractivity contribution in [2.75, 3.05) is 37.8 Å². The van der Waals surface area contributed by atoms with Crippen LogP contribution < -0.4 is 0 Å². The number of morpholine rings is 1. The van der Waals surface area contributed by atoms with E-state index in [9.17, 15) is 13.2 Å². The van der Waals surface area contributed by atoms with Gasteiger partial charge in [0.1, 0.15) is 5.75 Å². The summed E-state index contributed by atoms with van der Waals surface area (Å²) in [5.41, 5.74) is 0. The number of ether oxygens (including phenoxy) is 1. The lowest BCUT2D eigenvalue weighted by Crippen LogP contribution is -2.43. The molecule has 0 N–H and O–H groups in total. The zero-order valence-electron chi connectivity index (χ0n) is 8.23. The minimum atomic E-state index is -3.20. The second kappa shape index (κ2) is 4.75. The normalized spacial score (nSPS) is 18.2. The van der Waals surface area contributed by atoms with Gasteiger partial charge in [-0.25, -0.2) is 8.42 Å². The Morgan fingerprint density at radius 1 is 1.36 bits per heavy atom. The third-order valence-corrected chi connectivity index (χ3v) is 3.71. The van der Waals surface area contributed by atoms with Crippen LogP contribution in [0.25, 0.3) is 0 Å². The summed E-state index contributed by atoms with van der Waals surface area (Å²) in [5.74, 6) is -0.665. The van der Waals surface area contributed by atoms with E-state index < -0.39 is 9.84 Å². The minimum absolute atomic E-state index is 0.0169. The molecular formula is C8H15NO4S. The van der Waals surface area contributed by atoms with Crippen molar-refractivity contribution in [3.8, 4) is 0 Å². The first-order valence-electron chi connectivity index (χ1n) is 4.61. The van der Waals surface area contributed by atoms with Crippen LogP contribution >= 0.6 is 0 Å². The number of nitrogens with zero attached hydrogens (tertiary/aromatic N) is 1. The van der Waals surface area contributed by atoms with E-state index in [2.05, 4.69) is 0 Å². The van der Waals surface area contributed by atoms with Crippen molar-refractivity contribution >= 4 is 15.7 Å². The molecule has 0 aromatic heterocycles. The quantitative estimate of drug-likeness (QED) is 0.631. The van der Waals surface area contributed by atoms with Crippen molar-refractivity contribution in [2.45, 2.75) is 6.92 Å². The number of hydrogen-bond acceptors (Lipinski definition) is 4. The molecule has 6 heteroatoms. The lowest BCUT2D eigenvalue weighted by molar-refractivity contribution is -0.132. The van der Waals surface area contributed by atoms with Crippen molar-refractivity contribution in [1.82, 2.24) is 4.90 Å². The Morgan fingerprint density at radius 3 is 2.43 bits per heavy atom. The van der Waals surface area contributed by atoms with E-state index in [4.69, 9.17) is 4.74 Å². The molecule has 0 spiro atoms. The second-order valence-corrected chi connectivity index (χ2v) is 5.52. The maximum Gasteiger partial charge on any atom is 0.237 e. The Kier molecular flexibility index (Phi) is 3.88. The fraction of sp³-hybridized carbons (Fsp3) is 0.875. The van der Waals surface area contributed by atoms with Crippen LogP contribution in [0.4, 0.5) is 0 Å². The minimum Gasteiger partial charge on any atom is -0.378 e. The molecule has 1 rings (SSSR count).